The molecule has 4 rings (SSSR count). The highest BCUT2D eigenvalue weighted by Crippen LogP contribution is 2.44. The van der Waals surface area contributed by atoms with Crippen molar-refractivity contribution in [2.45, 2.75) is 25.2 Å². The molecule has 2 heterocycles. The first-order chi connectivity index (χ1) is 14.0. The van der Waals surface area contributed by atoms with Crippen molar-refractivity contribution in [2.24, 2.45) is 0 Å². The van der Waals surface area contributed by atoms with Gasteiger partial charge >= 0.3 is 0 Å². The van der Waals surface area contributed by atoms with Gasteiger partial charge in [-0.3, -0.25) is 9.69 Å². The second-order valence-electron chi connectivity index (χ2n) is 6.22. The Morgan fingerprint density at radius 2 is 2.00 bits per heavy atom. The summed E-state index contributed by atoms with van der Waals surface area (Å²) in [4.78, 5) is 18.2. The molecule has 29 heavy (non-hydrogen) atoms. The SMILES string of the molecule is CCSc1nnc2c(n1)O[C@@H](c1ccccc1F)N(C(C)=O)c1ccc(F)cc1-2. The van der Waals surface area contributed by atoms with Crippen molar-refractivity contribution >= 4 is 23.4 Å². The molecule has 0 N–H and O–H groups in total. The van der Waals surface area contributed by atoms with Gasteiger partial charge in [0.25, 0.3) is 0 Å². The second-order valence-corrected chi connectivity index (χ2v) is 7.45. The lowest BCUT2D eigenvalue weighted by Gasteiger charge is -2.30. The van der Waals surface area contributed by atoms with Crippen LogP contribution in [0.1, 0.15) is 25.6 Å². The Balaban J connectivity index is 1.99. The quantitative estimate of drug-likeness (QED) is 0.593. The molecule has 1 aliphatic rings. The lowest BCUT2D eigenvalue weighted by atomic mass is 10.1. The van der Waals surface area contributed by atoms with Gasteiger partial charge < -0.3 is 4.74 Å². The molecule has 1 amide bonds. The summed E-state index contributed by atoms with van der Waals surface area (Å²) in [6.07, 6.45) is -1.14. The summed E-state index contributed by atoms with van der Waals surface area (Å²) in [6, 6.07) is 9.90. The van der Waals surface area contributed by atoms with Crippen molar-refractivity contribution in [3.63, 3.8) is 0 Å². The van der Waals surface area contributed by atoms with Crippen LogP contribution in [0.15, 0.2) is 47.6 Å². The van der Waals surface area contributed by atoms with Gasteiger partial charge in [0.05, 0.1) is 5.69 Å². The number of hydrogen-bond acceptors (Lipinski definition) is 6. The Hall–Kier alpha value is -3.07. The van der Waals surface area contributed by atoms with Crippen molar-refractivity contribution in [3.8, 4) is 17.1 Å². The lowest BCUT2D eigenvalue weighted by molar-refractivity contribution is -0.118. The zero-order valence-electron chi connectivity index (χ0n) is 15.6. The van der Waals surface area contributed by atoms with E-state index in [1.807, 2.05) is 6.92 Å². The molecule has 0 unspecified atom stereocenters. The van der Waals surface area contributed by atoms with Gasteiger partial charge in [0, 0.05) is 18.1 Å². The van der Waals surface area contributed by atoms with Gasteiger partial charge in [0.15, 0.2) is 5.69 Å². The van der Waals surface area contributed by atoms with Gasteiger partial charge in [-0.15, -0.1) is 10.2 Å². The molecule has 0 bridgehead atoms. The van der Waals surface area contributed by atoms with E-state index >= 15 is 0 Å². The fraction of sp³-hybridized carbons (Fsp3) is 0.200. The largest absolute Gasteiger partial charge is 0.447 e. The summed E-state index contributed by atoms with van der Waals surface area (Å²) >= 11 is 1.35. The zero-order chi connectivity index (χ0) is 20.5. The van der Waals surface area contributed by atoms with Crippen LogP contribution in [0.4, 0.5) is 14.5 Å². The second kappa shape index (κ2) is 7.75. The number of halogens is 2. The van der Waals surface area contributed by atoms with Crippen LogP contribution < -0.4 is 9.64 Å². The predicted molar refractivity (Wildman–Crippen MR) is 105 cm³/mol. The average molecular weight is 414 g/mol. The smallest absolute Gasteiger partial charge is 0.247 e. The van der Waals surface area contributed by atoms with E-state index in [1.54, 1.807) is 12.1 Å². The van der Waals surface area contributed by atoms with Gasteiger partial charge in [0.2, 0.25) is 23.2 Å². The molecule has 6 nitrogen and oxygen atoms in total. The van der Waals surface area contributed by atoms with E-state index in [9.17, 15) is 13.6 Å². The lowest BCUT2D eigenvalue weighted by Crippen LogP contribution is -2.36. The molecule has 9 heteroatoms. The Morgan fingerprint density at radius 1 is 1.21 bits per heavy atom. The molecule has 3 aromatic rings. The van der Waals surface area contributed by atoms with Crippen LogP contribution in [0.2, 0.25) is 0 Å². The van der Waals surface area contributed by atoms with Crippen molar-refractivity contribution in [1.29, 1.82) is 0 Å². The van der Waals surface area contributed by atoms with Crippen molar-refractivity contribution in [3.05, 3.63) is 59.7 Å². The van der Waals surface area contributed by atoms with Crippen LogP contribution >= 0.6 is 11.8 Å². The molecular weight excluding hydrogens is 398 g/mol. The van der Waals surface area contributed by atoms with E-state index in [-0.39, 0.29) is 17.1 Å². The van der Waals surface area contributed by atoms with Crippen LogP contribution in [0.3, 0.4) is 0 Å². The minimum absolute atomic E-state index is 0.0554. The van der Waals surface area contributed by atoms with Crippen LogP contribution in [-0.4, -0.2) is 26.8 Å². The number of amides is 1. The first-order valence-electron chi connectivity index (χ1n) is 8.88. The Morgan fingerprint density at radius 3 is 2.72 bits per heavy atom. The summed E-state index contributed by atoms with van der Waals surface area (Å²) in [5.41, 5.74) is 0.958. The van der Waals surface area contributed by atoms with E-state index < -0.39 is 23.8 Å². The van der Waals surface area contributed by atoms with E-state index in [1.165, 1.54) is 53.9 Å². The molecule has 0 radical (unpaired) electrons. The maximum atomic E-state index is 14.6. The number of hydrogen-bond donors (Lipinski definition) is 0. The average Bonchev–Trinajstić information content (AvgIpc) is 2.82. The Kier molecular flexibility index (Phi) is 5.14. The van der Waals surface area contributed by atoms with Gasteiger partial charge in [-0.05, 0) is 30.0 Å². The van der Waals surface area contributed by atoms with E-state index in [4.69, 9.17) is 4.74 Å². The number of fused-ring (bicyclic) bond motifs is 3. The third-order valence-corrected chi connectivity index (χ3v) is 5.07. The molecular formula is C20H16F2N4O2S. The standard InChI is InChI=1S/C20H16F2N4O2S/c1-3-29-20-23-18-17(24-25-20)14-10-12(21)8-9-16(14)26(11(2)27)19(28-18)13-6-4-5-7-15(13)22/h4-10,19H,3H2,1-2H3/t19-/m0/s1. The summed E-state index contributed by atoms with van der Waals surface area (Å²) in [5.74, 6) is -0.700. The number of nitrogens with zero attached hydrogens (tertiary/aromatic N) is 4. The number of thioether (sulfide) groups is 1. The third kappa shape index (κ3) is 3.53. The molecule has 148 valence electrons. The van der Waals surface area contributed by atoms with Gasteiger partial charge in [-0.1, -0.05) is 36.9 Å². The van der Waals surface area contributed by atoms with Crippen LogP contribution in [-0.2, 0) is 4.79 Å². The Bertz CT molecular complexity index is 1100. The first kappa shape index (κ1) is 19.3. The number of rotatable bonds is 3. The number of benzene rings is 2. The molecule has 0 fully saturated rings. The predicted octanol–water partition coefficient (Wildman–Crippen LogP) is 4.37. The third-order valence-electron chi connectivity index (χ3n) is 4.35. The summed E-state index contributed by atoms with van der Waals surface area (Å²) in [5, 5.41) is 8.60. The summed E-state index contributed by atoms with van der Waals surface area (Å²) in [7, 11) is 0. The van der Waals surface area contributed by atoms with E-state index in [0.717, 1.165) is 0 Å². The molecule has 1 aliphatic heterocycles. The first-order valence-corrected chi connectivity index (χ1v) is 9.86. The Labute approximate surface area is 169 Å². The summed E-state index contributed by atoms with van der Waals surface area (Å²) in [6.45, 7) is 3.27. The minimum Gasteiger partial charge on any atom is -0.447 e. The molecule has 0 spiro atoms. The normalized spacial score (nSPS) is 15.2. The molecule has 2 aromatic carbocycles. The topological polar surface area (TPSA) is 68.2 Å². The van der Waals surface area contributed by atoms with E-state index in [2.05, 4.69) is 15.2 Å². The fourth-order valence-corrected chi connectivity index (χ4v) is 3.65. The van der Waals surface area contributed by atoms with Crippen LogP contribution in [0.5, 0.6) is 5.88 Å². The molecule has 1 atom stereocenters. The van der Waals surface area contributed by atoms with E-state index in [0.29, 0.717) is 22.2 Å². The minimum atomic E-state index is -1.14. The van der Waals surface area contributed by atoms with Gasteiger partial charge in [-0.25, -0.2) is 8.78 Å². The number of anilines is 1. The van der Waals surface area contributed by atoms with Crippen molar-refractivity contribution in [2.75, 3.05) is 10.7 Å². The highest BCUT2D eigenvalue weighted by atomic mass is 32.2. The maximum absolute atomic E-state index is 14.6. The summed E-state index contributed by atoms with van der Waals surface area (Å²) < 4.78 is 34.7. The van der Waals surface area contributed by atoms with Gasteiger partial charge in [-0.2, -0.15) is 4.98 Å². The van der Waals surface area contributed by atoms with Crippen molar-refractivity contribution < 1.29 is 18.3 Å². The molecule has 0 aliphatic carbocycles. The van der Waals surface area contributed by atoms with Crippen molar-refractivity contribution in [1.82, 2.24) is 15.2 Å². The van der Waals surface area contributed by atoms with Gasteiger partial charge in [0.1, 0.15) is 11.6 Å². The maximum Gasteiger partial charge on any atom is 0.247 e. The highest BCUT2D eigenvalue weighted by molar-refractivity contribution is 7.99. The molecule has 1 aromatic heterocycles. The van der Waals surface area contributed by atoms with Crippen LogP contribution in [0.25, 0.3) is 11.3 Å². The number of ether oxygens (including phenoxy) is 1. The molecule has 0 saturated heterocycles. The zero-order valence-corrected chi connectivity index (χ0v) is 16.4. The highest BCUT2D eigenvalue weighted by Gasteiger charge is 2.36. The molecule has 0 saturated carbocycles. The number of carbonyl (C=O) groups excluding carboxylic acids is 1. The fourth-order valence-electron chi connectivity index (χ4n) is 3.14. The number of aromatic nitrogens is 3. The monoisotopic (exact) mass is 414 g/mol. The van der Waals surface area contributed by atoms with Crippen LogP contribution in [0, 0.1) is 11.6 Å². The number of carbonyl (C=O) groups is 1.